The molecule has 0 spiro atoms. The molecule has 2 rings (SSSR count). The fraction of sp³-hybridized carbons (Fsp3) is 0.650. The van der Waals surface area contributed by atoms with Crippen LogP contribution < -0.4 is 0 Å². The van der Waals surface area contributed by atoms with Crippen molar-refractivity contribution in [2.75, 3.05) is 13.7 Å². The lowest BCUT2D eigenvalue weighted by Gasteiger charge is -2.40. The predicted molar refractivity (Wildman–Crippen MR) is 99.1 cm³/mol. The minimum absolute atomic E-state index is 0.117. The minimum atomic E-state index is -3.38. The third kappa shape index (κ3) is 4.10. The Morgan fingerprint density at radius 2 is 2.14 bits per heavy atom. The lowest BCUT2D eigenvalue weighted by molar-refractivity contribution is -0.158. The third-order valence-electron chi connectivity index (χ3n) is 5.40. The first-order valence-electron chi connectivity index (χ1n) is 9.46. The Morgan fingerprint density at radius 1 is 1.46 bits per heavy atom. The predicted octanol–water partition coefficient (Wildman–Crippen LogP) is 4.27. The van der Waals surface area contributed by atoms with Crippen LogP contribution in [0.3, 0.4) is 0 Å². The number of nitrogens with zero attached hydrogens (tertiary/aromatic N) is 2. The number of halogens is 2. The molecule has 156 valence electrons. The summed E-state index contributed by atoms with van der Waals surface area (Å²) in [7, 11) is 1.14. The molecular formula is C20H28F2N2O4. The first-order valence-corrected chi connectivity index (χ1v) is 9.46. The molecule has 0 bridgehead atoms. The zero-order valence-corrected chi connectivity index (χ0v) is 17.0. The van der Waals surface area contributed by atoms with Gasteiger partial charge in [-0.15, -0.1) is 0 Å². The molecule has 1 heterocycles. The zero-order valence-electron chi connectivity index (χ0n) is 17.0. The van der Waals surface area contributed by atoms with Crippen molar-refractivity contribution in [3.63, 3.8) is 0 Å². The molecule has 28 heavy (non-hydrogen) atoms. The number of alkyl halides is 2. The summed E-state index contributed by atoms with van der Waals surface area (Å²) in [4.78, 5) is 24.4. The molecule has 0 saturated heterocycles. The quantitative estimate of drug-likeness (QED) is 0.529. The van der Waals surface area contributed by atoms with Crippen molar-refractivity contribution in [1.82, 2.24) is 9.78 Å². The number of rotatable bonds is 6. The van der Waals surface area contributed by atoms with Gasteiger partial charge in [0.25, 0.3) is 0 Å². The number of carbonyl (C=O) groups is 2. The summed E-state index contributed by atoms with van der Waals surface area (Å²) in [6.07, 6.45) is 4.55. The Labute approximate surface area is 163 Å². The molecule has 0 N–H and O–H groups in total. The van der Waals surface area contributed by atoms with Gasteiger partial charge >= 0.3 is 17.9 Å². The van der Waals surface area contributed by atoms with Gasteiger partial charge in [0.1, 0.15) is 11.3 Å². The van der Waals surface area contributed by atoms with E-state index in [-0.39, 0.29) is 23.5 Å². The van der Waals surface area contributed by atoms with Crippen molar-refractivity contribution in [1.29, 1.82) is 0 Å². The van der Waals surface area contributed by atoms with Crippen molar-refractivity contribution in [2.24, 2.45) is 11.3 Å². The fourth-order valence-corrected chi connectivity index (χ4v) is 4.05. The van der Waals surface area contributed by atoms with Crippen LogP contribution in [0.25, 0.3) is 0 Å². The molecule has 8 heteroatoms. The van der Waals surface area contributed by atoms with Crippen LogP contribution in [0.4, 0.5) is 8.78 Å². The number of allylic oxidation sites excluding steroid dienone is 2. The Morgan fingerprint density at radius 3 is 2.68 bits per heavy atom. The lowest BCUT2D eigenvalue weighted by Crippen LogP contribution is -2.40. The number of ether oxygens (including phenoxy) is 2. The van der Waals surface area contributed by atoms with Gasteiger partial charge in [-0.25, -0.2) is 4.79 Å². The van der Waals surface area contributed by atoms with E-state index in [0.717, 1.165) is 19.4 Å². The molecule has 1 aliphatic rings. The maximum absolute atomic E-state index is 14.8. The average molecular weight is 398 g/mol. The molecule has 1 fully saturated rings. The van der Waals surface area contributed by atoms with Crippen LogP contribution >= 0.6 is 0 Å². The lowest BCUT2D eigenvalue weighted by atomic mass is 9.69. The summed E-state index contributed by atoms with van der Waals surface area (Å²) in [5, 5.41) is 4.12. The van der Waals surface area contributed by atoms with Crippen LogP contribution in [0, 0.1) is 11.3 Å². The monoisotopic (exact) mass is 398 g/mol. The van der Waals surface area contributed by atoms with Gasteiger partial charge in [-0.05, 0) is 52.0 Å². The highest BCUT2D eigenvalue weighted by Crippen LogP contribution is 2.46. The van der Waals surface area contributed by atoms with Gasteiger partial charge < -0.3 is 9.47 Å². The number of methoxy groups -OCH3 is 1. The molecule has 0 aliphatic heterocycles. The fourth-order valence-electron chi connectivity index (χ4n) is 4.05. The van der Waals surface area contributed by atoms with E-state index in [9.17, 15) is 18.4 Å². The Bertz CT molecular complexity index is 759. The van der Waals surface area contributed by atoms with Gasteiger partial charge in [-0.1, -0.05) is 13.0 Å². The summed E-state index contributed by atoms with van der Waals surface area (Å²) < 4.78 is 40.8. The highest BCUT2D eigenvalue weighted by atomic mass is 19.3. The van der Waals surface area contributed by atoms with Gasteiger partial charge in [0, 0.05) is 0 Å². The third-order valence-corrected chi connectivity index (χ3v) is 5.40. The van der Waals surface area contributed by atoms with E-state index in [2.05, 4.69) is 9.84 Å². The highest BCUT2D eigenvalue weighted by molar-refractivity contribution is 5.90. The van der Waals surface area contributed by atoms with Crippen LogP contribution in [0.1, 0.15) is 69.1 Å². The Balaban J connectivity index is 2.42. The van der Waals surface area contributed by atoms with Gasteiger partial charge in [-0.2, -0.15) is 13.9 Å². The maximum Gasteiger partial charge on any atom is 0.341 e. The summed E-state index contributed by atoms with van der Waals surface area (Å²) in [5.41, 5.74) is -1.39. The van der Waals surface area contributed by atoms with Crippen LogP contribution in [0.2, 0.25) is 0 Å². The summed E-state index contributed by atoms with van der Waals surface area (Å²) in [5.74, 6) is -4.62. The highest BCUT2D eigenvalue weighted by Gasteiger charge is 2.46. The minimum Gasteiger partial charge on any atom is -0.466 e. The largest absolute Gasteiger partial charge is 0.466 e. The molecular weight excluding hydrogens is 370 g/mol. The molecule has 0 amide bonds. The second-order valence-corrected chi connectivity index (χ2v) is 7.53. The average Bonchev–Trinajstić information content (AvgIpc) is 3.07. The van der Waals surface area contributed by atoms with Crippen LogP contribution in [0.15, 0.2) is 18.3 Å². The smallest absolute Gasteiger partial charge is 0.341 e. The molecule has 1 unspecified atom stereocenters. The number of hydrogen-bond donors (Lipinski definition) is 0. The second kappa shape index (κ2) is 8.41. The zero-order chi connectivity index (χ0) is 21.1. The van der Waals surface area contributed by atoms with E-state index < -0.39 is 23.0 Å². The molecule has 6 nitrogen and oxygen atoms in total. The molecule has 1 aromatic rings. The first kappa shape index (κ1) is 22.0. The molecule has 1 aliphatic carbocycles. The molecule has 1 aromatic heterocycles. The summed E-state index contributed by atoms with van der Waals surface area (Å²) in [6.45, 7) is 7.28. The van der Waals surface area contributed by atoms with Gasteiger partial charge in [0.05, 0.1) is 31.4 Å². The van der Waals surface area contributed by atoms with Gasteiger partial charge in [-0.3, -0.25) is 9.48 Å². The summed E-state index contributed by atoms with van der Waals surface area (Å²) >= 11 is 0. The van der Waals surface area contributed by atoms with E-state index in [0.29, 0.717) is 25.9 Å². The van der Waals surface area contributed by atoms with Crippen molar-refractivity contribution >= 4 is 11.9 Å². The van der Waals surface area contributed by atoms with Crippen LogP contribution in [-0.4, -0.2) is 35.4 Å². The Kier molecular flexibility index (Phi) is 6.62. The number of hydrogen-bond acceptors (Lipinski definition) is 5. The number of aromatic nitrogens is 2. The van der Waals surface area contributed by atoms with E-state index in [1.165, 1.54) is 17.7 Å². The standard InChI is InChI=1S/C20H28F2N2O4/c1-6-9-20(21,22)16-14(17(25)27-5)12-23-24(16)15-8-10-19(4,11-13(15)3)18(26)28-7-2/h6,9,12-13,15H,7-8,10-11H2,1-5H3/b9-6+/t13-,15?,19+/m0/s1. The molecule has 1 saturated carbocycles. The normalized spacial score (nSPS) is 25.7. The number of esters is 2. The summed E-state index contributed by atoms with van der Waals surface area (Å²) in [6, 6.07) is -0.368. The van der Waals surface area contributed by atoms with E-state index in [4.69, 9.17) is 4.74 Å². The van der Waals surface area contributed by atoms with Crippen LogP contribution in [0.5, 0.6) is 0 Å². The van der Waals surface area contributed by atoms with Gasteiger partial charge in [0.2, 0.25) is 0 Å². The van der Waals surface area contributed by atoms with Crippen molar-refractivity contribution in [3.05, 3.63) is 29.6 Å². The second-order valence-electron chi connectivity index (χ2n) is 7.53. The Hall–Kier alpha value is -2.25. The van der Waals surface area contributed by atoms with Crippen molar-refractivity contribution in [3.8, 4) is 0 Å². The molecule has 3 atom stereocenters. The molecule has 0 radical (unpaired) electrons. The van der Waals surface area contributed by atoms with Gasteiger partial charge in [0.15, 0.2) is 0 Å². The van der Waals surface area contributed by atoms with E-state index in [1.54, 1.807) is 6.92 Å². The first-order chi connectivity index (χ1) is 13.1. The van der Waals surface area contributed by atoms with Crippen molar-refractivity contribution in [2.45, 2.75) is 58.9 Å². The molecule has 0 aromatic carbocycles. The SMILES string of the molecule is C/C=C/C(F)(F)c1c(C(=O)OC)cnn1C1CC[C@@](C)(C(=O)OCC)C[C@@H]1C. The van der Waals surface area contributed by atoms with E-state index >= 15 is 0 Å². The van der Waals surface area contributed by atoms with Crippen LogP contribution in [-0.2, 0) is 20.2 Å². The topological polar surface area (TPSA) is 70.4 Å². The number of carbonyl (C=O) groups excluding carboxylic acids is 2. The van der Waals surface area contributed by atoms with Crippen molar-refractivity contribution < 1.29 is 27.8 Å². The van der Waals surface area contributed by atoms with E-state index in [1.807, 2.05) is 13.8 Å². The maximum atomic E-state index is 14.8.